The summed E-state index contributed by atoms with van der Waals surface area (Å²) in [5, 5.41) is 8.84. The molecule has 3 rings (SSSR count). The van der Waals surface area contributed by atoms with E-state index in [1.165, 1.54) is 0 Å². The van der Waals surface area contributed by atoms with Crippen molar-refractivity contribution >= 4 is 5.91 Å². The van der Waals surface area contributed by atoms with Crippen LogP contribution in [0.25, 0.3) is 0 Å². The predicted octanol–water partition coefficient (Wildman–Crippen LogP) is 1.60. The van der Waals surface area contributed by atoms with Crippen LogP contribution in [0.3, 0.4) is 0 Å². The SMILES string of the molecule is CN(C)C[C@@H]1OC[C@@H]2CN(C(=O)c3ccc(C#N)cc3)CC[C@@H]21. The minimum absolute atomic E-state index is 0.0593. The molecule has 2 saturated heterocycles. The van der Waals surface area contributed by atoms with Crippen LogP contribution in [-0.4, -0.2) is 62.1 Å². The molecule has 0 unspecified atom stereocenters. The van der Waals surface area contributed by atoms with Crippen molar-refractivity contribution < 1.29 is 9.53 Å². The maximum absolute atomic E-state index is 12.6. The fourth-order valence-corrected chi connectivity index (χ4v) is 3.69. The van der Waals surface area contributed by atoms with Gasteiger partial charge in [-0.15, -0.1) is 0 Å². The molecule has 1 aromatic carbocycles. The minimum atomic E-state index is 0.0593. The van der Waals surface area contributed by atoms with Gasteiger partial charge in [0.25, 0.3) is 5.91 Å². The summed E-state index contributed by atoms with van der Waals surface area (Å²) in [6.45, 7) is 3.26. The second kappa shape index (κ2) is 6.69. The van der Waals surface area contributed by atoms with Gasteiger partial charge < -0.3 is 14.5 Å². The third-order valence-corrected chi connectivity index (χ3v) is 4.89. The standard InChI is InChI=1S/C18H23N3O2/c1-20(2)11-17-16-7-8-21(10-15(16)12-23-17)18(22)14-5-3-13(9-19)4-6-14/h3-6,15-17H,7-8,10-12H2,1-2H3/t15-,16-,17-/m0/s1. The largest absolute Gasteiger partial charge is 0.376 e. The predicted molar refractivity (Wildman–Crippen MR) is 87.0 cm³/mol. The maximum Gasteiger partial charge on any atom is 0.253 e. The second-order valence-electron chi connectivity index (χ2n) is 6.79. The van der Waals surface area contributed by atoms with Gasteiger partial charge in [-0.05, 0) is 50.7 Å². The summed E-state index contributed by atoms with van der Waals surface area (Å²) in [6.07, 6.45) is 1.30. The van der Waals surface area contributed by atoms with Gasteiger partial charge in [0.15, 0.2) is 0 Å². The van der Waals surface area contributed by atoms with Crippen LogP contribution in [0, 0.1) is 23.2 Å². The molecule has 2 aliphatic heterocycles. The van der Waals surface area contributed by atoms with Gasteiger partial charge in [0.1, 0.15) is 0 Å². The first-order chi connectivity index (χ1) is 11.1. The highest BCUT2D eigenvalue weighted by Gasteiger charge is 2.41. The van der Waals surface area contributed by atoms with E-state index in [4.69, 9.17) is 10.00 Å². The average Bonchev–Trinajstić information content (AvgIpc) is 2.96. The molecular weight excluding hydrogens is 290 g/mol. The smallest absolute Gasteiger partial charge is 0.253 e. The van der Waals surface area contributed by atoms with E-state index in [9.17, 15) is 4.79 Å². The average molecular weight is 313 g/mol. The van der Waals surface area contributed by atoms with Crippen LogP contribution in [0.15, 0.2) is 24.3 Å². The Labute approximate surface area is 137 Å². The number of carbonyl (C=O) groups excluding carboxylic acids is 1. The molecule has 122 valence electrons. The molecular formula is C18H23N3O2. The quantitative estimate of drug-likeness (QED) is 0.850. The van der Waals surface area contributed by atoms with Crippen LogP contribution in [0.4, 0.5) is 0 Å². The summed E-state index contributed by atoms with van der Waals surface area (Å²) in [7, 11) is 4.14. The number of carbonyl (C=O) groups is 1. The van der Waals surface area contributed by atoms with Gasteiger partial charge in [-0.1, -0.05) is 0 Å². The van der Waals surface area contributed by atoms with E-state index >= 15 is 0 Å². The number of piperidine rings is 1. The minimum Gasteiger partial charge on any atom is -0.376 e. The number of nitrogens with zero attached hydrogens (tertiary/aromatic N) is 3. The van der Waals surface area contributed by atoms with Gasteiger partial charge in [0, 0.05) is 31.1 Å². The Balaban J connectivity index is 1.63. The molecule has 0 aromatic heterocycles. The second-order valence-corrected chi connectivity index (χ2v) is 6.79. The van der Waals surface area contributed by atoms with Gasteiger partial charge in [0.05, 0.1) is 24.3 Å². The molecule has 1 amide bonds. The van der Waals surface area contributed by atoms with Crippen LogP contribution in [-0.2, 0) is 4.74 Å². The first kappa shape index (κ1) is 16.0. The first-order valence-corrected chi connectivity index (χ1v) is 8.14. The number of amides is 1. The Hall–Kier alpha value is -1.90. The van der Waals surface area contributed by atoms with Crippen LogP contribution < -0.4 is 0 Å². The number of likely N-dealkylation sites (tertiary alicyclic amines) is 1. The third kappa shape index (κ3) is 3.39. The number of fused-ring (bicyclic) bond motifs is 1. The van der Waals surface area contributed by atoms with Crippen molar-refractivity contribution in [2.45, 2.75) is 12.5 Å². The number of likely N-dealkylation sites (N-methyl/N-ethyl adjacent to an activating group) is 1. The van der Waals surface area contributed by atoms with E-state index in [1.807, 2.05) is 4.90 Å². The highest BCUT2D eigenvalue weighted by atomic mass is 16.5. The van der Waals surface area contributed by atoms with Crippen LogP contribution in [0.5, 0.6) is 0 Å². The Kier molecular flexibility index (Phi) is 4.65. The van der Waals surface area contributed by atoms with Gasteiger partial charge in [-0.25, -0.2) is 0 Å². The molecule has 3 atom stereocenters. The number of rotatable bonds is 3. The lowest BCUT2D eigenvalue weighted by atomic mass is 9.84. The molecule has 0 saturated carbocycles. The molecule has 5 nitrogen and oxygen atoms in total. The van der Waals surface area contributed by atoms with Gasteiger partial charge >= 0.3 is 0 Å². The van der Waals surface area contributed by atoms with E-state index in [0.717, 1.165) is 32.7 Å². The fraction of sp³-hybridized carbons (Fsp3) is 0.556. The first-order valence-electron chi connectivity index (χ1n) is 8.14. The third-order valence-electron chi connectivity index (χ3n) is 4.89. The molecule has 2 aliphatic rings. The van der Waals surface area contributed by atoms with E-state index in [1.54, 1.807) is 24.3 Å². The zero-order valence-electron chi connectivity index (χ0n) is 13.7. The van der Waals surface area contributed by atoms with Crippen molar-refractivity contribution in [1.29, 1.82) is 5.26 Å². The number of ether oxygens (including phenoxy) is 1. The van der Waals surface area contributed by atoms with E-state index in [0.29, 0.717) is 29.1 Å². The fourth-order valence-electron chi connectivity index (χ4n) is 3.69. The van der Waals surface area contributed by atoms with Crippen molar-refractivity contribution in [1.82, 2.24) is 9.80 Å². The Morgan fingerprint density at radius 2 is 2.13 bits per heavy atom. The number of hydrogen-bond acceptors (Lipinski definition) is 4. The van der Waals surface area contributed by atoms with Crippen molar-refractivity contribution in [3.05, 3.63) is 35.4 Å². The van der Waals surface area contributed by atoms with Gasteiger partial charge in [-0.2, -0.15) is 5.26 Å². The summed E-state index contributed by atoms with van der Waals surface area (Å²) in [5.74, 6) is 1.06. The van der Waals surface area contributed by atoms with Crippen LogP contribution >= 0.6 is 0 Å². The summed E-state index contributed by atoms with van der Waals surface area (Å²) in [6, 6.07) is 8.96. The lowest BCUT2D eigenvalue weighted by molar-refractivity contribution is 0.0554. The molecule has 23 heavy (non-hydrogen) atoms. The summed E-state index contributed by atoms with van der Waals surface area (Å²) < 4.78 is 5.96. The van der Waals surface area contributed by atoms with E-state index < -0.39 is 0 Å². The van der Waals surface area contributed by atoms with Gasteiger partial charge in [0.2, 0.25) is 0 Å². The number of benzene rings is 1. The summed E-state index contributed by atoms with van der Waals surface area (Å²) >= 11 is 0. The molecule has 5 heteroatoms. The van der Waals surface area contributed by atoms with Crippen LogP contribution in [0.1, 0.15) is 22.3 Å². The van der Waals surface area contributed by atoms with Crippen molar-refractivity contribution in [3.8, 4) is 6.07 Å². The van der Waals surface area contributed by atoms with E-state index in [-0.39, 0.29) is 5.91 Å². The number of nitriles is 1. The molecule has 0 spiro atoms. The Bertz CT molecular complexity index is 606. The molecule has 0 aliphatic carbocycles. The molecule has 0 N–H and O–H groups in total. The van der Waals surface area contributed by atoms with E-state index in [2.05, 4.69) is 25.1 Å². The van der Waals surface area contributed by atoms with Crippen molar-refractivity contribution in [2.24, 2.45) is 11.8 Å². The molecule has 1 aromatic rings. The monoisotopic (exact) mass is 313 g/mol. The normalized spacial score (nSPS) is 26.9. The zero-order chi connectivity index (χ0) is 16.4. The van der Waals surface area contributed by atoms with Crippen LogP contribution in [0.2, 0.25) is 0 Å². The Morgan fingerprint density at radius 1 is 1.39 bits per heavy atom. The summed E-state index contributed by atoms with van der Waals surface area (Å²) in [4.78, 5) is 16.7. The highest BCUT2D eigenvalue weighted by Crippen LogP contribution is 2.35. The Morgan fingerprint density at radius 3 is 2.78 bits per heavy atom. The maximum atomic E-state index is 12.6. The lowest BCUT2D eigenvalue weighted by Gasteiger charge is -2.36. The lowest BCUT2D eigenvalue weighted by Crippen LogP contribution is -2.45. The highest BCUT2D eigenvalue weighted by molar-refractivity contribution is 5.94. The van der Waals surface area contributed by atoms with Gasteiger partial charge in [-0.3, -0.25) is 4.79 Å². The molecule has 0 radical (unpaired) electrons. The van der Waals surface area contributed by atoms with Crippen molar-refractivity contribution in [2.75, 3.05) is 40.3 Å². The summed E-state index contributed by atoms with van der Waals surface area (Å²) in [5.41, 5.74) is 1.24. The topological polar surface area (TPSA) is 56.6 Å². The van der Waals surface area contributed by atoms with Crippen molar-refractivity contribution in [3.63, 3.8) is 0 Å². The molecule has 2 fully saturated rings. The number of hydrogen-bond donors (Lipinski definition) is 0. The molecule has 2 heterocycles. The molecule has 0 bridgehead atoms. The zero-order valence-corrected chi connectivity index (χ0v) is 13.7.